The molecule has 1 saturated heterocycles. The second-order valence-electron chi connectivity index (χ2n) is 7.71. The van der Waals surface area contributed by atoms with Crippen LogP contribution in [0.4, 0.5) is 0 Å². The van der Waals surface area contributed by atoms with Gasteiger partial charge in [-0.2, -0.15) is 0 Å². The molecule has 3 aromatic rings. The maximum absolute atomic E-state index is 12.9. The van der Waals surface area contributed by atoms with Crippen molar-refractivity contribution in [3.63, 3.8) is 0 Å². The van der Waals surface area contributed by atoms with E-state index in [9.17, 15) is 14.7 Å². The predicted octanol–water partition coefficient (Wildman–Crippen LogP) is 2.27. The Morgan fingerprint density at radius 2 is 1.90 bits per heavy atom. The van der Waals surface area contributed by atoms with Crippen LogP contribution in [0, 0.1) is 5.92 Å². The fraction of sp³-hybridized carbons (Fsp3) is 0.273. The molecular formula is C22H20N4O3. The molecule has 1 fully saturated rings. The van der Waals surface area contributed by atoms with Crippen LogP contribution in [0.15, 0.2) is 59.7 Å². The molecule has 0 spiro atoms. The molecule has 1 amide bonds. The number of fused-ring (bicyclic) bond motifs is 4. The number of hydrogen-bond donors (Lipinski definition) is 1. The third-order valence-corrected chi connectivity index (χ3v) is 5.79. The Labute approximate surface area is 167 Å². The molecule has 5 rings (SSSR count). The monoisotopic (exact) mass is 388 g/mol. The fourth-order valence-corrected chi connectivity index (χ4v) is 4.52. The maximum atomic E-state index is 12.9. The minimum atomic E-state index is -0.269. The van der Waals surface area contributed by atoms with Gasteiger partial charge in [-0.1, -0.05) is 6.07 Å². The number of carbonyl (C=O) groups excluding carboxylic acids is 1. The van der Waals surface area contributed by atoms with E-state index < -0.39 is 0 Å². The lowest BCUT2D eigenvalue weighted by Gasteiger charge is -2.42. The zero-order chi connectivity index (χ0) is 20.0. The normalized spacial score (nSPS) is 20.2. The summed E-state index contributed by atoms with van der Waals surface area (Å²) in [6.07, 6.45) is 4.15. The number of piperidine rings is 1. The maximum Gasteiger partial charge on any atom is 0.276 e. The van der Waals surface area contributed by atoms with E-state index in [2.05, 4.69) is 9.97 Å². The molecule has 1 N–H and O–H groups in total. The van der Waals surface area contributed by atoms with E-state index in [0.29, 0.717) is 19.6 Å². The van der Waals surface area contributed by atoms with Crippen LogP contribution < -0.4 is 5.56 Å². The van der Waals surface area contributed by atoms with E-state index in [1.54, 1.807) is 23.2 Å². The molecule has 29 heavy (non-hydrogen) atoms. The van der Waals surface area contributed by atoms with Crippen LogP contribution in [0.5, 0.6) is 5.75 Å². The molecular weight excluding hydrogens is 368 g/mol. The van der Waals surface area contributed by atoms with Crippen molar-refractivity contribution >= 4 is 5.91 Å². The number of amides is 1. The smallest absolute Gasteiger partial charge is 0.276 e. The van der Waals surface area contributed by atoms with Gasteiger partial charge in [0.25, 0.3) is 11.5 Å². The van der Waals surface area contributed by atoms with Crippen molar-refractivity contribution in [3.8, 4) is 17.0 Å². The first-order valence-electron chi connectivity index (χ1n) is 9.69. The molecule has 2 bridgehead atoms. The average Bonchev–Trinajstić information content (AvgIpc) is 2.75. The Bertz CT molecular complexity index is 1140. The zero-order valence-corrected chi connectivity index (χ0v) is 15.7. The molecule has 2 atom stereocenters. The van der Waals surface area contributed by atoms with Crippen LogP contribution in [-0.2, 0) is 6.54 Å². The summed E-state index contributed by atoms with van der Waals surface area (Å²) >= 11 is 0. The molecule has 7 heteroatoms. The van der Waals surface area contributed by atoms with Crippen LogP contribution in [0.1, 0.15) is 28.5 Å². The molecule has 0 radical (unpaired) electrons. The second-order valence-corrected chi connectivity index (χ2v) is 7.71. The average molecular weight is 388 g/mol. The molecule has 0 saturated carbocycles. The Hall–Kier alpha value is -3.48. The lowest BCUT2D eigenvalue weighted by atomic mass is 9.82. The Morgan fingerprint density at radius 1 is 1.03 bits per heavy atom. The van der Waals surface area contributed by atoms with Gasteiger partial charge in [0.2, 0.25) is 0 Å². The molecule has 7 nitrogen and oxygen atoms in total. The molecule has 3 aromatic heterocycles. The first kappa shape index (κ1) is 17.6. The van der Waals surface area contributed by atoms with Crippen LogP contribution in [0.2, 0.25) is 0 Å². The predicted molar refractivity (Wildman–Crippen MR) is 107 cm³/mol. The van der Waals surface area contributed by atoms with Crippen molar-refractivity contribution in [2.75, 3.05) is 13.1 Å². The largest absolute Gasteiger partial charge is 0.505 e. The third kappa shape index (κ3) is 3.08. The summed E-state index contributed by atoms with van der Waals surface area (Å²) in [7, 11) is 0. The Balaban J connectivity index is 1.50. The highest BCUT2D eigenvalue weighted by Crippen LogP contribution is 2.37. The quantitative estimate of drug-likeness (QED) is 0.728. The van der Waals surface area contributed by atoms with Crippen LogP contribution >= 0.6 is 0 Å². The topological polar surface area (TPSA) is 88.3 Å². The number of nitrogens with zero attached hydrogens (tertiary/aromatic N) is 4. The summed E-state index contributed by atoms with van der Waals surface area (Å²) in [4.78, 5) is 35.9. The number of hydrogen-bond acceptors (Lipinski definition) is 5. The standard InChI is InChI=1S/C22H20N4O3/c27-19-5-3-7-24-21(19)22(29)25-11-14-8-16(13-25)18-9-15(10-20(28)26(18)12-14)17-4-1-2-6-23-17/h1-7,9-10,14,16,27H,8,11-13H2/t14-,16+/m0/s1. The molecule has 5 heterocycles. The number of pyridine rings is 3. The van der Waals surface area contributed by atoms with Gasteiger partial charge >= 0.3 is 0 Å². The summed E-state index contributed by atoms with van der Waals surface area (Å²) in [6.45, 7) is 1.64. The molecule has 146 valence electrons. The highest BCUT2D eigenvalue weighted by Gasteiger charge is 2.37. The summed E-state index contributed by atoms with van der Waals surface area (Å²) in [5.74, 6) is -0.111. The van der Waals surface area contributed by atoms with Gasteiger partial charge in [0.05, 0.1) is 5.69 Å². The summed E-state index contributed by atoms with van der Waals surface area (Å²) in [5.41, 5.74) is 2.55. The summed E-state index contributed by atoms with van der Waals surface area (Å²) in [5, 5.41) is 10.0. The lowest BCUT2D eigenvalue weighted by Crippen LogP contribution is -2.49. The van der Waals surface area contributed by atoms with Gasteiger partial charge in [-0.05, 0) is 42.7 Å². The van der Waals surface area contributed by atoms with E-state index >= 15 is 0 Å². The molecule has 2 aliphatic heterocycles. The van der Waals surface area contributed by atoms with E-state index in [0.717, 1.165) is 23.4 Å². The van der Waals surface area contributed by atoms with E-state index in [-0.39, 0.29) is 34.7 Å². The number of carbonyl (C=O) groups is 1. The number of aromatic hydroxyl groups is 1. The summed E-state index contributed by atoms with van der Waals surface area (Å²) in [6, 6.07) is 12.4. The minimum absolute atomic E-state index is 0.0278. The fourth-order valence-electron chi connectivity index (χ4n) is 4.52. The third-order valence-electron chi connectivity index (χ3n) is 5.79. The van der Waals surface area contributed by atoms with Crippen molar-refractivity contribution < 1.29 is 9.90 Å². The highest BCUT2D eigenvalue weighted by atomic mass is 16.3. The zero-order valence-electron chi connectivity index (χ0n) is 15.7. The SMILES string of the molecule is O=C(c1ncccc1O)N1C[C@@H]2C[C@H](C1)c1cc(-c3ccccn3)cc(=O)n1C2. The van der Waals surface area contributed by atoms with Gasteiger partial charge in [0.1, 0.15) is 5.75 Å². The number of rotatable bonds is 2. The van der Waals surface area contributed by atoms with Gasteiger partial charge in [-0.3, -0.25) is 14.6 Å². The van der Waals surface area contributed by atoms with Crippen LogP contribution in [0.25, 0.3) is 11.3 Å². The second kappa shape index (κ2) is 6.84. The first-order valence-corrected chi connectivity index (χ1v) is 9.69. The van der Waals surface area contributed by atoms with Crippen LogP contribution in [-0.4, -0.2) is 43.5 Å². The summed E-state index contributed by atoms with van der Waals surface area (Å²) < 4.78 is 1.84. The number of aromatic nitrogens is 3. The molecule has 2 aliphatic rings. The van der Waals surface area contributed by atoms with Crippen molar-refractivity contribution in [1.29, 1.82) is 0 Å². The van der Waals surface area contributed by atoms with Gasteiger partial charge in [-0.25, -0.2) is 4.98 Å². The Kier molecular flexibility index (Phi) is 4.16. The minimum Gasteiger partial charge on any atom is -0.505 e. The van der Waals surface area contributed by atoms with Gasteiger partial charge in [0, 0.05) is 55.3 Å². The van der Waals surface area contributed by atoms with Gasteiger partial charge < -0.3 is 14.6 Å². The molecule has 0 aromatic carbocycles. The highest BCUT2D eigenvalue weighted by molar-refractivity contribution is 5.94. The van der Waals surface area contributed by atoms with Crippen molar-refractivity contribution in [2.45, 2.75) is 18.9 Å². The van der Waals surface area contributed by atoms with Gasteiger partial charge in [-0.15, -0.1) is 0 Å². The van der Waals surface area contributed by atoms with Crippen molar-refractivity contribution in [1.82, 2.24) is 19.4 Å². The molecule has 0 aliphatic carbocycles. The van der Waals surface area contributed by atoms with Crippen LogP contribution in [0.3, 0.4) is 0 Å². The van der Waals surface area contributed by atoms with E-state index in [1.807, 2.05) is 28.8 Å². The first-order chi connectivity index (χ1) is 14.1. The number of likely N-dealkylation sites (tertiary alicyclic amines) is 1. The van der Waals surface area contributed by atoms with E-state index in [1.165, 1.54) is 12.3 Å². The van der Waals surface area contributed by atoms with Gasteiger partial charge in [0.15, 0.2) is 5.69 Å². The lowest BCUT2D eigenvalue weighted by molar-refractivity contribution is 0.0585. The van der Waals surface area contributed by atoms with Crippen molar-refractivity contribution in [2.24, 2.45) is 5.92 Å². The van der Waals surface area contributed by atoms with E-state index in [4.69, 9.17) is 0 Å². The molecule has 0 unspecified atom stereocenters. The van der Waals surface area contributed by atoms with Crippen molar-refractivity contribution in [3.05, 3.63) is 76.6 Å². The Morgan fingerprint density at radius 3 is 2.69 bits per heavy atom.